The number of hydrogen-bond acceptors (Lipinski definition) is 3. The van der Waals surface area contributed by atoms with Gasteiger partial charge in [0.15, 0.2) is 0 Å². The van der Waals surface area contributed by atoms with Crippen molar-refractivity contribution in [3.8, 4) is 5.75 Å². The third-order valence-corrected chi connectivity index (χ3v) is 4.45. The number of carbonyl (C=O) groups is 1. The Morgan fingerprint density at radius 1 is 1.39 bits per heavy atom. The number of carboxylic acids is 1. The van der Waals surface area contributed by atoms with E-state index in [2.05, 4.69) is 37.2 Å². The molecule has 6 heteroatoms. The minimum absolute atomic E-state index is 0.00955. The molecular weight excluding hydrogens is 366 g/mol. The van der Waals surface area contributed by atoms with Crippen LogP contribution in [0.2, 0.25) is 0 Å². The predicted octanol–water partition coefficient (Wildman–Crippen LogP) is 3.50. The number of benzene rings is 1. The third-order valence-electron chi connectivity index (χ3n) is 3.17. The fraction of sp³-hybridized carbons (Fsp3) is 0.417. The van der Waals surface area contributed by atoms with Gasteiger partial charge in [0.25, 0.3) is 0 Å². The molecule has 98 valence electrons. The molecular formula is C12H13Br2NO3. The molecule has 0 bridgehead atoms. The van der Waals surface area contributed by atoms with E-state index in [9.17, 15) is 4.79 Å². The summed E-state index contributed by atoms with van der Waals surface area (Å²) in [6.45, 7) is 0. The van der Waals surface area contributed by atoms with Crippen LogP contribution in [0, 0.1) is 5.92 Å². The molecule has 1 aromatic carbocycles. The molecule has 1 saturated carbocycles. The third kappa shape index (κ3) is 2.64. The van der Waals surface area contributed by atoms with Gasteiger partial charge in [-0.15, -0.1) is 0 Å². The zero-order chi connectivity index (χ0) is 13.3. The maximum atomic E-state index is 11.0. The minimum atomic E-state index is -0.737. The first-order chi connectivity index (χ1) is 8.52. The van der Waals surface area contributed by atoms with Crippen molar-refractivity contribution in [3.05, 3.63) is 21.1 Å². The van der Waals surface area contributed by atoms with Crippen LogP contribution in [0.4, 0.5) is 5.69 Å². The molecule has 18 heavy (non-hydrogen) atoms. The quantitative estimate of drug-likeness (QED) is 0.841. The molecule has 2 atom stereocenters. The summed E-state index contributed by atoms with van der Waals surface area (Å²) in [7, 11) is 1.60. The van der Waals surface area contributed by atoms with Crippen LogP contribution in [0.1, 0.15) is 12.8 Å². The summed E-state index contributed by atoms with van der Waals surface area (Å²) in [6, 6.07) is 3.73. The maximum absolute atomic E-state index is 11.0. The molecule has 1 fully saturated rings. The van der Waals surface area contributed by atoms with Crippen LogP contribution in [0.5, 0.6) is 5.75 Å². The molecule has 0 radical (unpaired) electrons. The molecule has 0 saturated heterocycles. The Balaban J connectivity index is 2.16. The summed E-state index contributed by atoms with van der Waals surface area (Å²) in [5, 5.41) is 12.3. The molecule has 0 aliphatic heterocycles. The maximum Gasteiger partial charge on any atom is 0.308 e. The molecule has 2 N–H and O–H groups in total. The summed E-state index contributed by atoms with van der Waals surface area (Å²) < 4.78 is 6.96. The van der Waals surface area contributed by atoms with Crippen LogP contribution in [-0.4, -0.2) is 24.2 Å². The van der Waals surface area contributed by atoms with E-state index in [1.165, 1.54) is 0 Å². The first kappa shape index (κ1) is 13.7. The highest BCUT2D eigenvalue weighted by atomic mass is 79.9. The van der Waals surface area contributed by atoms with Crippen molar-refractivity contribution in [1.29, 1.82) is 0 Å². The molecule has 1 aliphatic carbocycles. The summed E-state index contributed by atoms with van der Waals surface area (Å²) in [4.78, 5) is 11.0. The number of hydrogen-bond donors (Lipinski definition) is 2. The number of nitrogens with one attached hydrogen (secondary N) is 1. The molecule has 1 aliphatic rings. The average molecular weight is 379 g/mol. The number of anilines is 1. The van der Waals surface area contributed by atoms with Crippen molar-refractivity contribution in [2.24, 2.45) is 5.92 Å². The zero-order valence-electron chi connectivity index (χ0n) is 9.74. The van der Waals surface area contributed by atoms with E-state index in [0.29, 0.717) is 5.75 Å². The van der Waals surface area contributed by atoms with Crippen molar-refractivity contribution in [3.63, 3.8) is 0 Å². The standard InChI is InChI=1S/C12H13Br2NO3/c1-18-11-5-10(7(13)4-8(11)14)15-9-3-2-6(9)12(16)17/h4-6,9,15H,2-3H2,1H3,(H,16,17). The van der Waals surface area contributed by atoms with E-state index in [4.69, 9.17) is 9.84 Å². The van der Waals surface area contributed by atoms with Gasteiger partial charge in [-0.2, -0.15) is 0 Å². The number of halogens is 2. The van der Waals surface area contributed by atoms with Crippen LogP contribution < -0.4 is 10.1 Å². The fourth-order valence-electron chi connectivity index (χ4n) is 1.96. The Kier molecular flexibility index (Phi) is 4.17. The van der Waals surface area contributed by atoms with Crippen LogP contribution in [0.15, 0.2) is 21.1 Å². The molecule has 2 unspecified atom stereocenters. The first-order valence-electron chi connectivity index (χ1n) is 5.55. The Morgan fingerprint density at radius 2 is 2.11 bits per heavy atom. The number of aliphatic carboxylic acids is 1. The monoisotopic (exact) mass is 377 g/mol. The Morgan fingerprint density at radius 3 is 2.61 bits per heavy atom. The Labute approximate surface area is 122 Å². The van der Waals surface area contributed by atoms with E-state index in [0.717, 1.165) is 27.5 Å². The van der Waals surface area contributed by atoms with Gasteiger partial charge in [0.05, 0.1) is 23.2 Å². The number of methoxy groups -OCH3 is 1. The highest BCUT2D eigenvalue weighted by molar-refractivity contribution is 9.11. The van der Waals surface area contributed by atoms with Crippen LogP contribution >= 0.6 is 31.9 Å². The highest BCUT2D eigenvalue weighted by Gasteiger charge is 2.36. The van der Waals surface area contributed by atoms with Gasteiger partial charge >= 0.3 is 5.97 Å². The topological polar surface area (TPSA) is 58.6 Å². The van der Waals surface area contributed by atoms with Gasteiger partial charge in [0, 0.05) is 16.6 Å². The second-order valence-corrected chi connectivity index (χ2v) is 5.95. The van der Waals surface area contributed by atoms with Gasteiger partial charge in [0.1, 0.15) is 5.75 Å². The summed E-state index contributed by atoms with van der Waals surface area (Å²) in [5.74, 6) is -0.322. The van der Waals surface area contributed by atoms with Crippen LogP contribution in [0.3, 0.4) is 0 Å². The first-order valence-corrected chi connectivity index (χ1v) is 7.14. The molecule has 1 aromatic rings. The fourth-order valence-corrected chi connectivity index (χ4v) is 3.23. The van der Waals surface area contributed by atoms with E-state index >= 15 is 0 Å². The minimum Gasteiger partial charge on any atom is -0.495 e. The van der Waals surface area contributed by atoms with Gasteiger partial charge < -0.3 is 15.2 Å². The van der Waals surface area contributed by atoms with Crippen LogP contribution in [-0.2, 0) is 4.79 Å². The number of ether oxygens (including phenoxy) is 1. The number of rotatable bonds is 4. The second kappa shape index (κ2) is 5.48. The smallest absolute Gasteiger partial charge is 0.308 e. The van der Waals surface area contributed by atoms with Gasteiger partial charge in [0.2, 0.25) is 0 Å². The normalized spacial score (nSPS) is 22.2. The Hall–Kier alpha value is -0.750. The average Bonchev–Trinajstić information content (AvgIpc) is 2.25. The lowest BCUT2D eigenvalue weighted by molar-refractivity contribution is -0.144. The van der Waals surface area contributed by atoms with E-state index in [1.54, 1.807) is 7.11 Å². The molecule has 0 amide bonds. The van der Waals surface area contributed by atoms with Crippen molar-refractivity contribution < 1.29 is 14.6 Å². The van der Waals surface area contributed by atoms with Crippen molar-refractivity contribution in [1.82, 2.24) is 0 Å². The van der Waals surface area contributed by atoms with Crippen molar-refractivity contribution >= 4 is 43.5 Å². The second-order valence-electron chi connectivity index (χ2n) is 4.24. The van der Waals surface area contributed by atoms with E-state index in [1.807, 2.05) is 12.1 Å². The highest BCUT2D eigenvalue weighted by Crippen LogP contribution is 2.38. The largest absolute Gasteiger partial charge is 0.495 e. The molecule has 0 heterocycles. The van der Waals surface area contributed by atoms with Crippen molar-refractivity contribution in [2.45, 2.75) is 18.9 Å². The summed E-state index contributed by atoms with van der Waals surface area (Å²) in [6.07, 6.45) is 1.61. The van der Waals surface area contributed by atoms with E-state index < -0.39 is 5.97 Å². The van der Waals surface area contributed by atoms with Gasteiger partial charge in [-0.3, -0.25) is 4.79 Å². The molecule has 0 aromatic heterocycles. The van der Waals surface area contributed by atoms with Gasteiger partial charge in [-0.25, -0.2) is 0 Å². The van der Waals surface area contributed by atoms with E-state index in [-0.39, 0.29) is 12.0 Å². The number of carboxylic acid groups (broad SMARTS) is 1. The lowest BCUT2D eigenvalue weighted by Gasteiger charge is -2.35. The predicted molar refractivity (Wildman–Crippen MR) is 76.2 cm³/mol. The van der Waals surface area contributed by atoms with Gasteiger partial charge in [-0.05, 0) is 50.8 Å². The van der Waals surface area contributed by atoms with Crippen molar-refractivity contribution in [2.75, 3.05) is 12.4 Å². The lowest BCUT2D eigenvalue weighted by Crippen LogP contribution is -2.43. The summed E-state index contributed by atoms with van der Waals surface area (Å²) >= 11 is 6.85. The molecule has 4 nitrogen and oxygen atoms in total. The van der Waals surface area contributed by atoms with Gasteiger partial charge in [-0.1, -0.05) is 0 Å². The summed E-state index contributed by atoms with van der Waals surface area (Å²) in [5.41, 5.74) is 0.853. The lowest BCUT2D eigenvalue weighted by atomic mass is 9.79. The SMILES string of the molecule is COc1cc(NC2CCC2C(=O)O)c(Br)cc1Br. The molecule has 0 spiro atoms. The van der Waals surface area contributed by atoms with Crippen LogP contribution in [0.25, 0.3) is 0 Å². The Bertz CT molecular complexity index is 479. The molecule has 2 rings (SSSR count). The zero-order valence-corrected chi connectivity index (χ0v) is 12.9.